The second kappa shape index (κ2) is 4.76. The lowest BCUT2D eigenvalue weighted by molar-refractivity contribution is 0.377. The molecule has 4 aliphatic carbocycles. The molecular weight excluding hydrogens is 268 g/mol. The Morgan fingerprint density at radius 3 is 1.86 bits per heavy atom. The summed E-state index contributed by atoms with van der Waals surface area (Å²) >= 11 is 0. The monoisotopic (exact) mass is 296 g/mol. The van der Waals surface area contributed by atoms with Crippen LogP contribution in [0.2, 0.25) is 0 Å². The highest BCUT2D eigenvalue weighted by atomic mass is 16.3. The minimum Gasteiger partial charge on any atom is -0.508 e. The van der Waals surface area contributed by atoms with Crippen molar-refractivity contribution < 1.29 is 5.11 Å². The van der Waals surface area contributed by atoms with E-state index in [1.807, 2.05) is 6.07 Å². The molecule has 118 valence electrons. The Morgan fingerprint density at radius 2 is 1.36 bits per heavy atom. The van der Waals surface area contributed by atoms with Crippen molar-refractivity contribution in [3.8, 4) is 5.75 Å². The summed E-state index contributed by atoms with van der Waals surface area (Å²) < 4.78 is 0. The molecule has 22 heavy (non-hydrogen) atoms. The van der Waals surface area contributed by atoms with E-state index in [4.69, 9.17) is 0 Å². The summed E-state index contributed by atoms with van der Waals surface area (Å²) in [5.41, 5.74) is 4.43. The maximum atomic E-state index is 10.7. The van der Waals surface area contributed by atoms with Crippen molar-refractivity contribution in [1.29, 1.82) is 0 Å². The van der Waals surface area contributed by atoms with Crippen LogP contribution in [0.4, 0.5) is 0 Å². The lowest BCUT2D eigenvalue weighted by Crippen LogP contribution is -2.17. The molecule has 0 aromatic heterocycles. The van der Waals surface area contributed by atoms with Crippen molar-refractivity contribution >= 4 is 0 Å². The summed E-state index contributed by atoms with van der Waals surface area (Å²) in [5, 5.41) is 10.7. The molecule has 1 N–H and O–H groups in total. The van der Waals surface area contributed by atoms with Crippen LogP contribution >= 0.6 is 0 Å². The van der Waals surface area contributed by atoms with Crippen LogP contribution in [0.25, 0.3) is 0 Å². The first-order valence-corrected chi connectivity index (χ1v) is 9.53. The molecule has 4 aliphatic rings. The summed E-state index contributed by atoms with van der Waals surface area (Å²) in [4.78, 5) is 0. The lowest BCUT2D eigenvalue weighted by atomic mass is 9.73. The molecule has 6 unspecified atom stereocenters. The van der Waals surface area contributed by atoms with Crippen molar-refractivity contribution in [1.82, 2.24) is 0 Å². The fourth-order valence-electron chi connectivity index (χ4n) is 6.81. The van der Waals surface area contributed by atoms with E-state index in [-0.39, 0.29) is 0 Å². The van der Waals surface area contributed by atoms with Gasteiger partial charge in [0.2, 0.25) is 0 Å². The van der Waals surface area contributed by atoms with E-state index in [1.54, 1.807) is 5.56 Å². The molecule has 1 heteroatoms. The van der Waals surface area contributed by atoms with Gasteiger partial charge in [0.05, 0.1) is 0 Å². The Morgan fingerprint density at radius 1 is 0.773 bits per heavy atom. The number of fused-ring (bicyclic) bond motifs is 4. The van der Waals surface area contributed by atoms with Gasteiger partial charge in [0, 0.05) is 5.56 Å². The predicted octanol–water partition coefficient (Wildman–Crippen LogP) is 5.51. The molecule has 1 aromatic rings. The Balaban J connectivity index is 1.60. The molecule has 0 spiro atoms. The van der Waals surface area contributed by atoms with Gasteiger partial charge in [-0.3, -0.25) is 0 Å². The third-order valence-corrected chi connectivity index (χ3v) is 7.70. The fourth-order valence-corrected chi connectivity index (χ4v) is 6.81. The van der Waals surface area contributed by atoms with Crippen LogP contribution in [0.15, 0.2) is 12.1 Å². The van der Waals surface area contributed by atoms with Crippen molar-refractivity contribution in [2.24, 2.45) is 23.7 Å². The van der Waals surface area contributed by atoms with Gasteiger partial charge in [-0.1, -0.05) is 18.9 Å². The highest BCUT2D eigenvalue weighted by Gasteiger charge is 2.46. The molecule has 4 bridgehead atoms. The number of benzene rings is 1. The first kappa shape index (κ1) is 13.5. The Hall–Kier alpha value is -0.980. The van der Waals surface area contributed by atoms with Crippen LogP contribution in [-0.2, 0) is 0 Å². The Bertz CT molecular complexity index is 551. The van der Waals surface area contributed by atoms with Gasteiger partial charge < -0.3 is 5.11 Å². The maximum absolute atomic E-state index is 10.7. The van der Waals surface area contributed by atoms with E-state index in [1.165, 1.54) is 62.5 Å². The van der Waals surface area contributed by atoms with E-state index in [0.29, 0.717) is 11.7 Å². The summed E-state index contributed by atoms with van der Waals surface area (Å²) in [6, 6.07) is 4.15. The number of hydrogen-bond donors (Lipinski definition) is 1. The van der Waals surface area contributed by atoms with Crippen molar-refractivity contribution in [2.45, 2.75) is 70.1 Å². The van der Waals surface area contributed by atoms with Crippen molar-refractivity contribution in [2.75, 3.05) is 0 Å². The molecule has 0 aliphatic heterocycles. The van der Waals surface area contributed by atoms with Crippen LogP contribution in [0.5, 0.6) is 5.75 Å². The molecule has 0 saturated heterocycles. The first-order chi connectivity index (χ1) is 10.7. The molecule has 4 fully saturated rings. The third kappa shape index (κ3) is 1.83. The second-order valence-electron chi connectivity index (χ2n) is 8.79. The molecule has 1 aromatic carbocycles. The van der Waals surface area contributed by atoms with Crippen molar-refractivity contribution in [3.63, 3.8) is 0 Å². The third-order valence-electron chi connectivity index (χ3n) is 7.70. The minimum absolute atomic E-state index is 0.612. The number of rotatable bonds is 2. The molecule has 6 atom stereocenters. The summed E-state index contributed by atoms with van der Waals surface area (Å²) in [6.45, 7) is 2.29. The van der Waals surface area contributed by atoms with Gasteiger partial charge in [-0.2, -0.15) is 0 Å². The zero-order chi connectivity index (χ0) is 14.8. The first-order valence-electron chi connectivity index (χ1n) is 9.53. The standard InChI is InChI=1S/C21H28O/c1-12-2-7-19(22)21(18-11-14-4-6-16(18)9-14)20(12)17-10-13-3-5-15(17)8-13/h2,7,13-18,22H,3-6,8-11H2,1H3. The number of phenolic OH excluding ortho intramolecular Hbond substituents is 1. The van der Waals surface area contributed by atoms with Gasteiger partial charge in [-0.05, 0) is 98.1 Å². The number of aromatic hydroxyl groups is 1. The van der Waals surface area contributed by atoms with E-state index < -0.39 is 0 Å². The Kier molecular flexibility index (Phi) is 2.91. The smallest absolute Gasteiger partial charge is 0.119 e. The lowest BCUT2D eigenvalue weighted by Gasteiger charge is -2.32. The maximum Gasteiger partial charge on any atom is 0.119 e. The van der Waals surface area contributed by atoms with Gasteiger partial charge in [0.25, 0.3) is 0 Å². The Labute approximate surface area is 134 Å². The minimum atomic E-state index is 0.612. The van der Waals surface area contributed by atoms with Gasteiger partial charge in [-0.25, -0.2) is 0 Å². The van der Waals surface area contributed by atoms with Gasteiger partial charge in [-0.15, -0.1) is 0 Å². The average molecular weight is 296 g/mol. The van der Waals surface area contributed by atoms with E-state index in [2.05, 4.69) is 13.0 Å². The second-order valence-corrected chi connectivity index (χ2v) is 8.79. The number of phenols is 1. The molecule has 1 nitrogen and oxygen atoms in total. The molecule has 0 radical (unpaired) electrons. The molecule has 0 heterocycles. The van der Waals surface area contributed by atoms with E-state index >= 15 is 0 Å². The number of hydrogen-bond acceptors (Lipinski definition) is 1. The molecule has 4 saturated carbocycles. The topological polar surface area (TPSA) is 20.2 Å². The van der Waals surface area contributed by atoms with Crippen molar-refractivity contribution in [3.05, 3.63) is 28.8 Å². The largest absolute Gasteiger partial charge is 0.508 e. The highest BCUT2D eigenvalue weighted by molar-refractivity contribution is 5.50. The quantitative estimate of drug-likeness (QED) is 0.763. The van der Waals surface area contributed by atoms with Gasteiger partial charge in [0.1, 0.15) is 5.75 Å². The highest BCUT2D eigenvalue weighted by Crippen LogP contribution is 2.59. The number of aryl methyl sites for hydroxylation is 1. The van der Waals surface area contributed by atoms with Gasteiger partial charge >= 0.3 is 0 Å². The van der Waals surface area contributed by atoms with Crippen LogP contribution in [0.1, 0.15) is 79.9 Å². The van der Waals surface area contributed by atoms with Gasteiger partial charge in [0.15, 0.2) is 0 Å². The molecular formula is C21H28O. The average Bonchev–Trinajstić information content (AvgIpc) is 3.29. The molecule has 5 rings (SSSR count). The van der Waals surface area contributed by atoms with Crippen LogP contribution in [0.3, 0.4) is 0 Å². The predicted molar refractivity (Wildman–Crippen MR) is 89.2 cm³/mol. The zero-order valence-corrected chi connectivity index (χ0v) is 13.7. The molecule has 0 amide bonds. The fraction of sp³-hybridized carbons (Fsp3) is 0.714. The van der Waals surface area contributed by atoms with Crippen LogP contribution < -0.4 is 0 Å². The summed E-state index contributed by atoms with van der Waals surface area (Å²) in [7, 11) is 0. The summed E-state index contributed by atoms with van der Waals surface area (Å²) in [5.74, 6) is 5.71. The van der Waals surface area contributed by atoms with Crippen LogP contribution in [0, 0.1) is 30.6 Å². The normalized spacial score (nSPS) is 42.4. The zero-order valence-electron chi connectivity index (χ0n) is 13.7. The van der Waals surface area contributed by atoms with Crippen LogP contribution in [-0.4, -0.2) is 5.11 Å². The summed E-state index contributed by atoms with van der Waals surface area (Å²) in [6.07, 6.45) is 11.3. The van der Waals surface area contributed by atoms with E-state index in [9.17, 15) is 5.11 Å². The van der Waals surface area contributed by atoms with E-state index in [0.717, 1.165) is 29.6 Å². The SMILES string of the molecule is Cc1ccc(O)c(C2CC3CCC2C3)c1C1CC2CCC1C2.